The summed E-state index contributed by atoms with van der Waals surface area (Å²) >= 11 is 3.58. The van der Waals surface area contributed by atoms with Crippen molar-refractivity contribution >= 4 is 15.9 Å². The fourth-order valence-electron chi connectivity index (χ4n) is 1.67. The van der Waals surface area contributed by atoms with Crippen molar-refractivity contribution in [2.45, 2.75) is 39.8 Å². The highest BCUT2D eigenvalue weighted by Gasteiger charge is 1.99. The summed E-state index contributed by atoms with van der Waals surface area (Å²) in [5.41, 5.74) is 2.65. The molecule has 0 radical (unpaired) electrons. The van der Waals surface area contributed by atoms with E-state index >= 15 is 0 Å². The molecule has 96 valence electrons. The van der Waals surface area contributed by atoms with Crippen LogP contribution in [0.2, 0.25) is 0 Å². The van der Waals surface area contributed by atoms with Crippen molar-refractivity contribution in [3.05, 3.63) is 33.8 Å². The predicted molar refractivity (Wildman–Crippen MR) is 78.3 cm³/mol. The van der Waals surface area contributed by atoms with Crippen LogP contribution < -0.4 is 10.6 Å². The smallest absolute Gasteiger partial charge is 0.0220 e. The second-order valence-corrected chi connectivity index (χ2v) is 5.59. The average molecular weight is 299 g/mol. The Morgan fingerprint density at radius 3 is 2.71 bits per heavy atom. The minimum absolute atomic E-state index is 0.584. The Kier molecular flexibility index (Phi) is 6.78. The topological polar surface area (TPSA) is 24.1 Å². The van der Waals surface area contributed by atoms with Gasteiger partial charge in [-0.2, -0.15) is 0 Å². The van der Waals surface area contributed by atoms with Crippen LogP contribution in [-0.4, -0.2) is 19.1 Å². The molecule has 0 bridgehead atoms. The first-order valence-corrected chi connectivity index (χ1v) is 7.08. The van der Waals surface area contributed by atoms with Gasteiger partial charge in [-0.05, 0) is 38.1 Å². The molecular formula is C14H23BrN2. The summed E-state index contributed by atoms with van der Waals surface area (Å²) in [4.78, 5) is 0. The molecule has 1 rings (SSSR count). The lowest BCUT2D eigenvalue weighted by Crippen LogP contribution is -2.26. The standard InChI is InChI=1S/C14H23BrN2/c1-11(2)17-8-4-7-16-10-13-9-12(3)5-6-14(13)15/h5-6,9,11,16-17H,4,7-8,10H2,1-3H3. The first-order valence-electron chi connectivity index (χ1n) is 6.28. The highest BCUT2D eigenvalue weighted by molar-refractivity contribution is 9.10. The zero-order valence-electron chi connectivity index (χ0n) is 11.0. The van der Waals surface area contributed by atoms with Gasteiger partial charge in [0.2, 0.25) is 0 Å². The Bertz CT molecular complexity index is 337. The third kappa shape index (κ3) is 6.20. The van der Waals surface area contributed by atoms with Gasteiger partial charge in [0.15, 0.2) is 0 Å². The molecule has 0 atom stereocenters. The Balaban J connectivity index is 2.20. The van der Waals surface area contributed by atoms with Crippen LogP contribution in [0.4, 0.5) is 0 Å². The van der Waals surface area contributed by atoms with E-state index in [9.17, 15) is 0 Å². The molecular weight excluding hydrogens is 276 g/mol. The number of rotatable bonds is 7. The van der Waals surface area contributed by atoms with Gasteiger partial charge in [0.1, 0.15) is 0 Å². The molecule has 2 nitrogen and oxygen atoms in total. The summed E-state index contributed by atoms with van der Waals surface area (Å²) in [5, 5.41) is 6.89. The maximum Gasteiger partial charge on any atom is 0.0220 e. The van der Waals surface area contributed by atoms with Crippen LogP contribution in [0.1, 0.15) is 31.4 Å². The van der Waals surface area contributed by atoms with E-state index < -0.39 is 0 Å². The molecule has 1 aromatic carbocycles. The molecule has 0 aromatic heterocycles. The molecule has 0 aliphatic carbocycles. The molecule has 1 aromatic rings. The summed E-state index contributed by atoms with van der Waals surface area (Å²) in [5.74, 6) is 0. The highest BCUT2D eigenvalue weighted by atomic mass is 79.9. The van der Waals surface area contributed by atoms with Crippen molar-refractivity contribution in [3.8, 4) is 0 Å². The Hall–Kier alpha value is -0.380. The van der Waals surface area contributed by atoms with Crippen molar-refractivity contribution in [2.75, 3.05) is 13.1 Å². The summed E-state index contributed by atoms with van der Waals surface area (Å²) in [6.07, 6.45) is 1.17. The minimum atomic E-state index is 0.584. The first-order chi connectivity index (χ1) is 8.09. The van der Waals surface area contributed by atoms with Crippen LogP contribution in [0.5, 0.6) is 0 Å². The van der Waals surface area contributed by atoms with Gasteiger partial charge in [-0.3, -0.25) is 0 Å². The number of aryl methyl sites for hydroxylation is 1. The van der Waals surface area contributed by atoms with Crippen LogP contribution in [-0.2, 0) is 6.54 Å². The zero-order valence-corrected chi connectivity index (χ0v) is 12.6. The van der Waals surface area contributed by atoms with E-state index in [1.54, 1.807) is 0 Å². The maximum atomic E-state index is 3.58. The molecule has 0 aliphatic rings. The first kappa shape index (κ1) is 14.7. The lowest BCUT2D eigenvalue weighted by atomic mass is 10.1. The molecule has 0 fully saturated rings. The summed E-state index contributed by atoms with van der Waals surface area (Å²) in [6, 6.07) is 7.05. The van der Waals surface area contributed by atoms with Crippen LogP contribution in [0.15, 0.2) is 22.7 Å². The molecule has 0 spiro atoms. The van der Waals surface area contributed by atoms with Gasteiger partial charge in [0, 0.05) is 17.1 Å². The number of hydrogen-bond donors (Lipinski definition) is 2. The van der Waals surface area contributed by atoms with Crippen molar-refractivity contribution in [3.63, 3.8) is 0 Å². The van der Waals surface area contributed by atoms with E-state index in [0.717, 1.165) is 19.6 Å². The highest BCUT2D eigenvalue weighted by Crippen LogP contribution is 2.17. The van der Waals surface area contributed by atoms with Crippen molar-refractivity contribution in [1.29, 1.82) is 0 Å². The fraction of sp³-hybridized carbons (Fsp3) is 0.571. The lowest BCUT2D eigenvalue weighted by molar-refractivity contribution is 0.547. The molecule has 0 unspecified atom stereocenters. The quantitative estimate of drug-likeness (QED) is 0.755. The van der Waals surface area contributed by atoms with E-state index in [1.807, 2.05) is 0 Å². The van der Waals surface area contributed by atoms with E-state index in [0.29, 0.717) is 6.04 Å². The van der Waals surface area contributed by atoms with E-state index in [1.165, 1.54) is 22.0 Å². The second kappa shape index (κ2) is 7.85. The molecule has 0 amide bonds. The zero-order chi connectivity index (χ0) is 12.7. The summed E-state index contributed by atoms with van der Waals surface area (Å²) < 4.78 is 1.19. The third-order valence-electron chi connectivity index (χ3n) is 2.60. The van der Waals surface area contributed by atoms with Crippen molar-refractivity contribution in [1.82, 2.24) is 10.6 Å². The van der Waals surface area contributed by atoms with Gasteiger partial charge >= 0.3 is 0 Å². The largest absolute Gasteiger partial charge is 0.314 e. The molecule has 17 heavy (non-hydrogen) atoms. The SMILES string of the molecule is Cc1ccc(Br)c(CNCCCNC(C)C)c1. The van der Waals surface area contributed by atoms with Crippen molar-refractivity contribution in [2.24, 2.45) is 0 Å². The van der Waals surface area contributed by atoms with Gasteiger partial charge in [0.25, 0.3) is 0 Å². The number of halogens is 1. The monoisotopic (exact) mass is 298 g/mol. The van der Waals surface area contributed by atoms with E-state index in [4.69, 9.17) is 0 Å². The van der Waals surface area contributed by atoms with E-state index in [-0.39, 0.29) is 0 Å². The molecule has 0 saturated heterocycles. The normalized spacial score (nSPS) is 11.1. The fourth-order valence-corrected chi connectivity index (χ4v) is 2.05. The average Bonchev–Trinajstić information content (AvgIpc) is 2.27. The van der Waals surface area contributed by atoms with Gasteiger partial charge in [-0.15, -0.1) is 0 Å². The number of benzene rings is 1. The summed E-state index contributed by atoms with van der Waals surface area (Å²) in [7, 11) is 0. The Morgan fingerprint density at radius 2 is 2.00 bits per heavy atom. The van der Waals surface area contributed by atoms with Crippen molar-refractivity contribution < 1.29 is 0 Å². The number of nitrogens with one attached hydrogen (secondary N) is 2. The minimum Gasteiger partial charge on any atom is -0.314 e. The van der Waals surface area contributed by atoms with E-state index in [2.05, 4.69) is 65.5 Å². The maximum absolute atomic E-state index is 3.58. The predicted octanol–water partition coefficient (Wildman–Crippen LogP) is 3.24. The molecule has 0 heterocycles. The van der Waals surface area contributed by atoms with Gasteiger partial charge in [0.05, 0.1) is 0 Å². The van der Waals surface area contributed by atoms with Crippen LogP contribution >= 0.6 is 15.9 Å². The van der Waals surface area contributed by atoms with Crippen LogP contribution in [0.25, 0.3) is 0 Å². The Morgan fingerprint density at radius 1 is 1.24 bits per heavy atom. The Labute approximate surface area is 113 Å². The lowest BCUT2D eigenvalue weighted by Gasteiger charge is -2.10. The number of hydrogen-bond acceptors (Lipinski definition) is 2. The molecule has 0 saturated carbocycles. The molecule has 0 aliphatic heterocycles. The van der Waals surface area contributed by atoms with Crippen LogP contribution in [0, 0.1) is 6.92 Å². The third-order valence-corrected chi connectivity index (χ3v) is 3.37. The summed E-state index contributed by atoms with van der Waals surface area (Å²) in [6.45, 7) is 9.56. The van der Waals surface area contributed by atoms with Gasteiger partial charge in [-0.25, -0.2) is 0 Å². The molecule has 2 N–H and O–H groups in total. The van der Waals surface area contributed by atoms with Gasteiger partial charge < -0.3 is 10.6 Å². The molecule has 3 heteroatoms. The van der Waals surface area contributed by atoms with Crippen LogP contribution in [0.3, 0.4) is 0 Å². The van der Waals surface area contributed by atoms with Gasteiger partial charge in [-0.1, -0.05) is 47.5 Å². The second-order valence-electron chi connectivity index (χ2n) is 4.73.